The van der Waals surface area contributed by atoms with Crippen molar-refractivity contribution in [2.24, 2.45) is 0 Å². The SMILES string of the molecule is CCOc1ccc2nc(NC(=O)C(C)Sc3cccc(NC(=O)/C(=C/c4ccc(Br)cc4)NC(=O)c4ccccc4)c3)sc2c1. The number of nitrogens with one attached hydrogen (secondary N) is 3. The Morgan fingerprint density at radius 1 is 0.956 bits per heavy atom. The Morgan fingerprint density at radius 3 is 2.49 bits per heavy atom. The smallest absolute Gasteiger partial charge is 0.272 e. The third-order valence-electron chi connectivity index (χ3n) is 6.38. The highest BCUT2D eigenvalue weighted by molar-refractivity contribution is 9.10. The summed E-state index contributed by atoms with van der Waals surface area (Å²) in [4.78, 5) is 44.7. The highest BCUT2D eigenvalue weighted by atomic mass is 79.9. The van der Waals surface area contributed by atoms with Crippen LogP contribution in [-0.4, -0.2) is 34.6 Å². The van der Waals surface area contributed by atoms with Gasteiger partial charge in [0.2, 0.25) is 5.91 Å². The van der Waals surface area contributed by atoms with Crippen molar-refractivity contribution in [1.29, 1.82) is 0 Å². The molecule has 228 valence electrons. The van der Waals surface area contributed by atoms with Crippen LogP contribution in [0.3, 0.4) is 0 Å². The molecule has 0 fully saturated rings. The first-order valence-electron chi connectivity index (χ1n) is 14.0. The zero-order valence-corrected chi connectivity index (χ0v) is 27.6. The van der Waals surface area contributed by atoms with Crippen LogP contribution in [-0.2, 0) is 9.59 Å². The quantitative estimate of drug-likeness (QED) is 0.0952. The van der Waals surface area contributed by atoms with Gasteiger partial charge in [0.1, 0.15) is 11.4 Å². The molecule has 8 nitrogen and oxygen atoms in total. The average molecular weight is 702 g/mol. The molecule has 1 aromatic heterocycles. The molecule has 0 aliphatic carbocycles. The Labute approximate surface area is 277 Å². The lowest BCUT2D eigenvalue weighted by Gasteiger charge is -2.13. The molecule has 11 heteroatoms. The first-order valence-corrected chi connectivity index (χ1v) is 16.5. The number of hydrogen-bond donors (Lipinski definition) is 3. The minimum Gasteiger partial charge on any atom is -0.494 e. The van der Waals surface area contributed by atoms with Gasteiger partial charge < -0.3 is 20.7 Å². The number of rotatable bonds is 11. The Kier molecular flexibility index (Phi) is 10.7. The molecule has 3 N–H and O–H groups in total. The molecule has 0 radical (unpaired) electrons. The molecular weight excluding hydrogens is 672 g/mol. The number of ether oxygens (including phenoxy) is 1. The van der Waals surface area contributed by atoms with E-state index in [0.717, 1.165) is 30.9 Å². The Hall–Kier alpha value is -4.45. The molecule has 0 saturated heterocycles. The van der Waals surface area contributed by atoms with Gasteiger partial charge in [-0.15, -0.1) is 11.8 Å². The van der Waals surface area contributed by atoms with Crippen LogP contribution in [0.1, 0.15) is 29.8 Å². The molecule has 1 unspecified atom stereocenters. The van der Waals surface area contributed by atoms with Crippen LogP contribution in [0.5, 0.6) is 5.75 Å². The van der Waals surface area contributed by atoms with Crippen molar-refractivity contribution in [3.63, 3.8) is 0 Å². The average Bonchev–Trinajstić information content (AvgIpc) is 3.44. The maximum atomic E-state index is 13.4. The van der Waals surface area contributed by atoms with Crippen molar-refractivity contribution in [3.05, 3.63) is 118 Å². The van der Waals surface area contributed by atoms with Gasteiger partial charge in [-0.1, -0.05) is 63.7 Å². The van der Waals surface area contributed by atoms with E-state index in [4.69, 9.17) is 4.74 Å². The lowest BCUT2D eigenvalue weighted by molar-refractivity contribution is -0.115. The topological polar surface area (TPSA) is 109 Å². The number of halogens is 1. The van der Waals surface area contributed by atoms with Crippen molar-refractivity contribution in [2.75, 3.05) is 17.2 Å². The standard InChI is InChI=1S/C34H29BrN4O4S2/c1-3-43-26-16-17-28-30(20-26)45-34(38-28)39-31(40)21(2)44-27-11-7-10-25(19-27)36-33(42)29(18-22-12-14-24(35)15-13-22)37-32(41)23-8-5-4-6-9-23/h4-21H,3H2,1-2H3,(H,36,42)(H,37,41)(H,38,39,40)/b29-18-. The van der Waals surface area contributed by atoms with Crippen molar-refractivity contribution in [1.82, 2.24) is 10.3 Å². The van der Waals surface area contributed by atoms with E-state index >= 15 is 0 Å². The highest BCUT2D eigenvalue weighted by Crippen LogP contribution is 2.31. The van der Waals surface area contributed by atoms with Crippen LogP contribution in [0.4, 0.5) is 10.8 Å². The predicted octanol–water partition coefficient (Wildman–Crippen LogP) is 7.99. The van der Waals surface area contributed by atoms with Gasteiger partial charge >= 0.3 is 0 Å². The molecule has 0 spiro atoms. The summed E-state index contributed by atoms with van der Waals surface area (Å²) in [6, 6.07) is 28.9. The van der Waals surface area contributed by atoms with E-state index in [1.54, 1.807) is 48.5 Å². The van der Waals surface area contributed by atoms with Gasteiger partial charge in [-0.2, -0.15) is 0 Å². The normalized spacial score (nSPS) is 11.9. The van der Waals surface area contributed by atoms with Gasteiger partial charge in [-0.3, -0.25) is 14.4 Å². The van der Waals surface area contributed by atoms with Gasteiger partial charge in [0.25, 0.3) is 11.8 Å². The van der Waals surface area contributed by atoms with Crippen LogP contribution in [0.2, 0.25) is 0 Å². The Morgan fingerprint density at radius 2 is 1.73 bits per heavy atom. The van der Waals surface area contributed by atoms with Crippen molar-refractivity contribution >= 4 is 83.9 Å². The van der Waals surface area contributed by atoms with E-state index in [2.05, 4.69) is 36.9 Å². The van der Waals surface area contributed by atoms with Gasteiger partial charge in [0, 0.05) is 20.6 Å². The molecule has 0 bridgehead atoms. The minimum absolute atomic E-state index is 0.0844. The summed E-state index contributed by atoms with van der Waals surface area (Å²) < 4.78 is 7.38. The third kappa shape index (κ3) is 8.81. The van der Waals surface area contributed by atoms with E-state index < -0.39 is 17.1 Å². The van der Waals surface area contributed by atoms with Crippen LogP contribution in [0, 0.1) is 0 Å². The van der Waals surface area contributed by atoms with Crippen molar-refractivity contribution in [2.45, 2.75) is 24.0 Å². The van der Waals surface area contributed by atoms with E-state index in [0.29, 0.717) is 23.0 Å². The van der Waals surface area contributed by atoms with Crippen molar-refractivity contribution in [3.8, 4) is 5.75 Å². The molecular formula is C34H29BrN4O4S2. The maximum absolute atomic E-state index is 13.4. The van der Waals surface area contributed by atoms with E-state index in [1.807, 2.05) is 68.4 Å². The number of fused-ring (bicyclic) bond motifs is 1. The number of carbonyl (C=O) groups excluding carboxylic acids is 3. The second-order valence-electron chi connectivity index (χ2n) is 9.74. The fourth-order valence-electron chi connectivity index (χ4n) is 4.19. The fraction of sp³-hybridized carbons (Fsp3) is 0.118. The largest absolute Gasteiger partial charge is 0.494 e. The molecule has 1 atom stereocenters. The summed E-state index contributed by atoms with van der Waals surface area (Å²) in [6.45, 7) is 4.31. The number of thioether (sulfide) groups is 1. The molecule has 5 aromatic rings. The maximum Gasteiger partial charge on any atom is 0.272 e. The Balaban J connectivity index is 1.26. The second-order valence-corrected chi connectivity index (χ2v) is 13.1. The molecule has 0 aliphatic heterocycles. The van der Waals surface area contributed by atoms with Gasteiger partial charge in [-0.05, 0) is 86.2 Å². The number of nitrogens with zero attached hydrogens (tertiary/aromatic N) is 1. The summed E-state index contributed by atoms with van der Waals surface area (Å²) in [5.41, 5.74) is 2.56. The van der Waals surface area contributed by atoms with Crippen LogP contribution < -0.4 is 20.7 Å². The van der Waals surface area contributed by atoms with Crippen LogP contribution in [0.15, 0.2) is 112 Å². The summed E-state index contributed by atoms with van der Waals surface area (Å²) in [5.74, 6) is -0.321. The molecule has 45 heavy (non-hydrogen) atoms. The zero-order chi connectivity index (χ0) is 31.8. The first kappa shape index (κ1) is 32.0. The first-order chi connectivity index (χ1) is 21.8. The zero-order valence-electron chi connectivity index (χ0n) is 24.4. The van der Waals surface area contributed by atoms with E-state index in [1.165, 1.54) is 23.1 Å². The highest BCUT2D eigenvalue weighted by Gasteiger charge is 2.18. The fourth-order valence-corrected chi connectivity index (χ4v) is 6.28. The number of amides is 3. The van der Waals surface area contributed by atoms with E-state index in [9.17, 15) is 14.4 Å². The number of benzene rings is 4. The third-order valence-corrected chi connectivity index (χ3v) is 8.94. The number of thiazole rings is 1. The molecule has 4 aromatic carbocycles. The lowest BCUT2D eigenvalue weighted by Crippen LogP contribution is -2.30. The number of hydrogen-bond acceptors (Lipinski definition) is 7. The summed E-state index contributed by atoms with van der Waals surface area (Å²) in [5, 5.41) is 8.60. The summed E-state index contributed by atoms with van der Waals surface area (Å²) >= 11 is 6.16. The van der Waals surface area contributed by atoms with Crippen molar-refractivity contribution < 1.29 is 19.1 Å². The number of anilines is 2. The van der Waals surface area contributed by atoms with Gasteiger partial charge in [-0.25, -0.2) is 4.98 Å². The van der Waals surface area contributed by atoms with Crippen LogP contribution in [0.25, 0.3) is 16.3 Å². The molecule has 5 rings (SSSR count). The predicted molar refractivity (Wildman–Crippen MR) is 186 cm³/mol. The lowest BCUT2D eigenvalue weighted by atomic mass is 10.1. The molecule has 0 aliphatic rings. The van der Waals surface area contributed by atoms with Gasteiger partial charge in [0.05, 0.1) is 22.1 Å². The van der Waals surface area contributed by atoms with Gasteiger partial charge in [0.15, 0.2) is 5.13 Å². The number of aromatic nitrogens is 1. The Bertz CT molecular complexity index is 1860. The summed E-state index contributed by atoms with van der Waals surface area (Å²) in [7, 11) is 0. The van der Waals surface area contributed by atoms with E-state index in [-0.39, 0.29) is 11.6 Å². The van der Waals surface area contributed by atoms with Crippen LogP contribution >= 0.6 is 39.0 Å². The minimum atomic E-state index is -0.488. The molecule has 1 heterocycles. The monoisotopic (exact) mass is 700 g/mol. The molecule has 0 saturated carbocycles. The summed E-state index contributed by atoms with van der Waals surface area (Å²) in [6.07, 6.45) is 1.62. The number of carbonyl (C=O) groups is 3. The second kappa shape index (κ2) is 15.0. The molecule has 3 amide bonds.